The van der Waals surface area contributed by atoms with Gasteiger partial charge in [-0.05, 0) is 37.8 Å². The minimum atomic E-state index is 0. The van der Waals surface area contributed by atoms with Gasteiger partial charge in [-0.3, -0.25) is 4.99 Å². The molecule has 1 atom stereocenters. The lowest BCUT2D eigenvalue weighted by Crippen LogP contribution is -2.43. The Hall–Kier alpha value is -1.31. The molecule has 2 heterocycles. The normalized spacial score (nSPS) is 19.0. The second kappa shape index (κ2) is 7.99. The lowest BCUT2D eigenvalue weighted by atomic mass is 10.0. The van der Waals surface area contributed by atoms with E-state index in [1.54, 1.807) is 0 Å². The largest absolute Gasteiger partial charge is 0.370 e. The summed E-state index contributed by atoms with van der Waals surface area (Å²) < 4.78 is 2.21. The molecule has 0 spiro atoms. The molecule has 1 aliphatic heterocycles. The number of aromatic nitrogens is 2. The molecule has 1 fully saturated rings. The van der Waals surface area contributed by atoms with Gasteiger partial charge in [-0.2, -0.15) is 0 Å². The van der Waals surface area contributed by atoms with Crippen molar-refractivity contribution in [2.75, 3.05) is 19.6 Å². The summed E-state index contributed by atoms with van der Waals surface area (Å²) in [5.41, 5.74) is 8.36. The maximum absolute atomic E-state index is 6.15. The second-order valence-electron chi connectivity index (χ2n) is 6.23. The molecule has 1 saturated heterocycles. The molecule has 6 heteroatoms. The van der Waals surface area contributed by atoms with E-state index in [2.05, 4.69) is 32.4 Å². The number of fused-ring (bicyclic) bond motifs is 1. The summed E-state index contributed by atoms with van der Waals surface area (Å²) in [6.07, 6.45) is 2.51. The van der Waals surface area contributed by atoms with Crippen molar-refractivity contribution >= 4 is 41.0 Å². The molecule has 1 aliphatic rings. The molecule has 0 amide bonds. The van der Waals surface area contributed by atoms with Crippen LogP contribution >= 0.6 is 24.0 Å². The van der Waals surface area contributed by atoms with Crippen molar-refractivity contribution in [3.05, 3.63) is 30.1 Å². The van der Waals surface area contributed by atoms with E-state index in [-0.39, 0.29) is 24.0 Å². The lowest BCUT2D eigenvalue weighted by Gasteiger charge is -2.31. The molecule has 1 aromatic carbocycles. The fourth-order valence-electron chi connectivity index (χ4n) is 3.24. The van der Waals surface area contributed by atoms with Gasteiger partial charge in [-0.1, -0.05) is 19.1 Å². The zero-order chi connectivity index (χ0) is 15.5. The summed E-state index contributed by atoms with van der Waals surface area (Å²) >= 11 is 0. The topological polar surface area (TPSA) is 59.4 Å². The highest BCUT2D eigenvalue weighted by Gasteiger charge is 2.17. The Morgan fingerprint density at radius 3 is 2.96 bits per heavy atom. The van der Waals surface area contributed by atoms with E-state index in [4.69, 9.17) is 5.73 Å². The molecule has 1 unspecified atom stereocenters. The van der Waals surface area contributed by atoms with Crippen LogP contribution in [-0.2, 0) is 6.54 Å². The van der Waals surface area contributed by atoms with Crippen molar-refractivity contribution in [3.63, 3.8) is 0 Å². The Bertz CT molecular complexity index is 679. The predicted octanol–water partition coefficient (Wildman–Crippen LogP) is 3.01. The third kappa shape index (κ3) is 4.16. The number of benzene rings is 1. The first-order chi connectivity index (χ1) is 10.6. The van der Waals surface area contributed by atoms with Crippen molar-refractivity contribution in [2.24, 2.45) is 16.6 Å². The molecule has 3 rings (SSSR count). The molecular formula is C17H26IN5. The first-order valence-corrected chi connectivity index (χ1v) is 8.12. The molecule has 2 aromatic rings. The molecule has 1 aromatic heterocycles. The van der Waals surface area contributed by atoms with Gasteiger partial charge in [0, 0.05) is 19.6 Å². The van der Waals surface area contributed by atoms with Gasteiger partial charge >= 0.3 is 0 Å². The van der Waals surface area contributed by atoms with Gasteiger partial charge in [-0.25, -0.2) is 4.98 Å². The fraction of sp³-hybridized carbons (Fsp3) is 0.529. The SMILES string of the molecule is Cc1nc2ccccc2n1CCN=C(N)N1CCCC(C)C1.I. The van der Waals surface area contributed by atoms with Crippen LogP contribution in [0.25, 0.3) is 11.0 Å². The standard InChI is InChI=1S/C17H25N5.HI/c1-13-6-5-10-21(12-13)17(18)19-9-11-22-14(2)20-15-7-3-4-8-16(15)22;/h3-4,7-8,13H,5-6,9-12H2,1-2H3,(H2,18,19);1H. The Balaban J connectivity index is 0.00000192. The summed E-state index contributed by atoms with van der Waals surface area (Å²) in [4.78, 5) is 11.4. The highest BCUT2D eigenvalue weighted by atomic mass is 127. The van der Waals surface area contributed by atoms with Gasteiger partial charge in [0.05, 0.1) is 17.6 Å². The number of nitrogens with two attached hydrogens (primary N) is 1. The molecule has 126 valence electrons. The predicted molar refractivity (Wildman–Crippen MR) is 106 cm³/mol. The number of guanidine groups is 1. The fourth-order valence-corrected chi connectivity index (χ4v) is 3.24. The molecule has 0 aliphatic carbocycles. The maximum atomic E-state index is 6.15. The minimum Gasteiger partial charge on any atom is -0.370 e. The number of nitrogens with zero attached hydrogens (tertiary/aromatic N) is 4. The van der Waals surface area contributed by atoms with E-state index in [0.717, 1.165) is 31.0 Å². The van der Waals surface area contributed by atoms with Crippen LogP contribution in [0.5, 0.6) is 0 Å². The quantitative estimate of drug-likeness (QED) is 0.466. The van der Waals surface area contributed by atoms with E-state index in [0.29, 0.717) is 18.4 Å². The van der Waals surface area contributed by atoms with Crippen LogP contribution in [0.3, 0.4) is 0 Å². The number of halogens is 1. The van der Waals surface area contributed by atoms with Crippen molar-refractivity contribution in [2.45, 2.75) is 33.2 Å². The Kier molecular flexibility index (Phi) is 6.26. The molecule has 5 nitrogen and oxygen atoms in total. The molecule has 23 heavy (non-hydrogen) atoms. The monoisotopic (exact) mass is 427 g/mol. The van der Waals surface area contributed by atoms with Gasteiger partial charge in [0.15, 0.2) is 5.96 Å². The second-order valence-corrected chi connectivity index (χ2v) is 6.23. The van der Waals surface area contributed by atoms with Crippen LogP contribution in [0, 0.1) is 12.8 Å². The highest BCUT2D eigenvalue weighted by Crippen LogP contribution is 2.16. The Labute approximate surface area is 155 Å². The summed E-state index contributed by atoms with van der Waals surface area (Å²) in [7, 11) is 0. The van der Waals surface area contributed by atoms with Crippen LogP contribution in [-0.4, -0.2) is 40.0 Å². The number of imidazole rings is 1. The van der Waals surface area contributed by atoms with Gasteiger partial charge < -0.3 is 15.2 Å². The summed E-state index contributed by atoms with van der Waals surface area (Å²) in [5.74, 6) is 2.43. The summed E-state index contributed by atoms with van der Waals surface area (Å²) in [6, 6.07) is 8.22. The van der Waals surface area contributed by atoms with Crippen molar-refractivity contribution in [3.8, 4) is 0 Å². The van der Waals surface area contributed by atoms with Crippen molar-refractivity contribution in [1.29, 1.82) is 0 Å². The van der Waals surface area contributed by atoms with E-state index < -0.39 is 0 Å². The van der Waals surface area contributed by atoms with E-state index in [9.17, 15) is 0 Å². The van der Waals surface area contributed by atoms with E-state index in [1.807, 2.05) is 25.1 Å². The maximum Gasteiger partial charge on any atom is 0.191 e. The van der Waals surface area contributed by atoms with Crippen LogP contribution < -0.4 is 5.73 Å². The lowest BCUT2D eigenvalue weighted by molar-refractivity contribution is 0.270. The van der Waals surface area contributed by atoms with Gasteiger partial charge in [0.2, 0.25) is 0 Å². The van der Waals surface area contributed by atoms with Gasteiger partial charge in [-0.15, -0.1) is 24.0 Å². The highest BCUT2D eigenvalue weighted by molar-refractivity contribution is 14.0. The van der Waals surface area contributed by atoms with E-state index >= 15 is 0 Å². The van der Waals surface area contributed by atoms with Crippen LogP contribution in [0.15, 0.2) is 29.3 Å². The zero-order valence-electron chi connectivity index (χ0n) is 13.9. The Morgan fingerprint density at radius 2 is 2.17 bits per heavy atom. The van der Waals surface area contributed by atoms with Gasteiger partial charge in [0.1, 0.15) is 5.82 Å². The number of hydrogen-bond donors (Lipinski definition) is 1. The van der Waals surface area contributed by atoms with Crippen LogP contribution in [0.4, 0.5) is 0 Å². The van der Waals surface area contributed by atoms with Crippen molar-refractivity contribution in [1.82, 2.24) is 14.5 Å². The average Bonchev–Trinajstić information content (AvgIpc) is 2.83. The molecule has 2 N–H and O–H groups in total. The number of rotatable bonds is 3. The first kappa shape index (κ1) is 18.0. The third-order valence-electron chi connectivity index (χ3n) is 4.42. The third-order valence-corrected chi connectivity index (χ3v) is 4.42. The van der Waals surface area contributed by atoms with E-state index in [1.165, 1.54) is 18.4 Å². The molecule has 0 saturated carbocycles. The first-order valence-electron chi connectivity index (χ1n) is 8.12. The summed E-state index contributed by atoms with van der Waals surface area (Å²) in [5, 5.41) is 0. The number of hydrogen-bond acceptors (Lipinski definition) is 2. The summed E-state index contributed by atoms with van der Waals surface area (Å²) in [6.45, 7) is 7.89. The van der Waals surface area contributed by atoms with Crippen LogP contribution in [0.1, 0.15) is 25.6 Å². The Morgan fingerprint density at radius 1 is 1.39 bits per heavy atom. The average molecular weight is 427 g/mol. The van der Waals surface area contributed by atoms with Gasteiger partial charge in [0.25, 0.3) is 0 Å². The molecule has 0 bridgehead atoms. The number of piperidine rings is 1. The smallest absolute Gasteiger partial charge is 0.191 e. The molecule has 0 radical (unpaired) electrons. The minimum absolute atomic E-state index is 0. The number of likely N-dealkylation sites (tertiary alicyclic amines) is 1. The van der Waals surface area contributed by atoms with Crippen molar-refractivity contribution < 1.29 is 0 Å². The van der Waals surface area contributed by atoms with Crippen LogP contribution in [0.2, 0.25) is 0 Å². The number of aryl methyl sites for hydroxylation is 1. The number of aliphatic imine (C=N–C) groups is 1. The number of para-hydroxylation sites is 2. The zero-order valence-corrected chi connectivity index (χ0v) is 16.2. The molecular weight excluding hydrogens is 401 g/mol.